The number of benzene rings is 1. The normalized spacial score (nSPS) is 13.0. The molecule has 2 heterocycles. The van der Waals surface area contributed by atoms with E-state index in [4.69, 9.17) is 5.73 Å². The van der Waals surface area contributed by atoms with E-state index in [2.05, 4.69) is 31.9 Å². The van der Waals surface area contributed by atoms with Crippen LogP contribution in [0.4, 0.5) is 0 Å². The zero-order chi connectivity index (χ0) is 15.3. The molecule has 7 heteroatoms. The van der Waals surface area contributed by atoms with Gasteiger partial charge in [0.1, 0.15) is 0 Å². The molecule has 1 unspecified atom stereocenters. The number of nitrogens with two attached hydrogens (primary N) is 1. The van der Waals surface area contributed by atoms with Gasteiger partial charge in [-0.15, -0.1) is 11.3 Å². The van der Waals surface area contributed by atoms with Crippen LogP contribution in [0.3, 0.4) is 0 Å². The first-order chi connectivity index (χ1) is 9.91. The summed E-state index contributed by atoms with van der Waals surface area (Å²) in [7, 11) is 3.54. The molecule has 0 aliphatic heterocycles. The van der Waals surface area contributed by atoms with Crippen molar-refractivity contribution in [1.29, 1.82) is 0 Å². The highest BCUT2D eigenvalue weighted by Gasteiger charge is 2.19. The van der Waals surface area contributed by atoms with Crippen LogP contribution in [-0.4, -0.2) is 9.13 Å². The van der Waals surface area contributed by atoms with Gasteiger partial charge in [0.2, 0.25) is 0 Å². The SMILES string of the molecule is Cn1c(=O)n(C)c2cc(C(N)c3sccc3Br)c(Br)cc21. The van der Waals surface area contributed by atoms with E-state index in [0.717, 1.165) is 30.4 Å². The largest absolute Gasteiger partial charge is 0.328 e. The molecule has 0 saturated carbocycles. The molecule has 4 nitrogen and oxygen atoms in total. The molecule has 0 fully saturated rings. The summed E-state index contributed by atoms with van der Waals surface area (Å²) in [6.07, 6.45) is 0. The van der Waals surface area contributed by atoms with E-state index >= 15 is 0 Å². The van der Waals surface area contributed by atoms with Gasteiger partial charge in [0.05, 0.1) is 17.1 Å². The van der Waals surface area contributed by atoms with Gasteiger partial charge in [0, 0.05) is 27.9 Å². The minimum absolute atomic E-state index is 0.0417. The van der Waals surface area contributed by atoms with Gasteiger partial charge in [0.25, 0.3) is 0 Å². The number of hydrogen-bond donors (Lipinski definition) is 1. The van der Waals surface area contributed by atoms with E-state index in [1.807, 2.05) is 23.6 Å². The molecular weight excluding hydrogens is 418 g/mol. The third-order valence-electron chi connectivity index (χ3n) is 3.65. The Labute approximate surface area is 142 Å². The highest BCUT2D eigenvalue weighted by atomic mass is 79.9. The van der Waals surface area contributed by atoms with Crippen molar-refractivity contribution in [1.82, 2.24) is 9.13 Å². The molecule has 0 spiro atoms. The molecule has 110 valence electrons. The first-order valence-electron chi connectivity index (χ1n) is 6.25. The van der Waals surface area contributed by atoms with Crippen molar-refractivity contribution in [2.45, 2.75) is 6.04 Å². The molecule has 1 aromatic carbocycles. The predicted molar refractivity (Wildman–Crippen MR) is 93.9 cm³/mol. The van der Waals surface area contributed by atoms with Crippen molar-refractivity contribution in [3.8, 4) is 0 Å². The Kier molecular flexibility index (Phi) is 3.85. The number of nitrogens with zero attached hydrogens (tertiary/aromatic N) is 2. The highest BCUT2D eigenvalue weighted by molar-refractivity contribution is 9.10. The quantitative estimate of drug-likeness (QED) is 0.676. The van der Waals surface area contributed by atoms with E-state index < -0.39 is 0 Å². The Bertz CT molecular complexity index is 894. The number of hydrogen-bond acceptors (Lipinski definition) is 3. The fraction of sp³-hybridized carbons (Fsp3) is 0.214. The third kappa shape index (κ3) is 2.32. The zero-order valence-corrected chi connectivity index (χ0v) is 15.4. The molecule has 2 N–H and O–H groups in total. The highest BCUT2D eigenvalue weighted by Crippen LogP contribution is 2.36. The van der Waals surface area contributed by atoms with Crippen LogP contribution in [0.5, 0.6) is 0 Å². The minimum atomic E-state index is -0.242. The third-order valence-corrected chi connectivity index (χ3v) is 6.29. The lowest BCUT2D eigenvalue weighted by molar-refractivity contribution is 0.795. The van der Waals surface area contributed by atoms with Crippen LogP contribution < -0.4 is 11.4 Å². The molecule has 3 aromatic rings. The van der Waals surface area contributed by atoms with Gasteiger partial charge in [-0.3, -0.25) is 9.13 Å². The van der Waals surface area contributed by atoms with Crippen LogP contribution in [0.1, 0.15) is 16.5 Å². The summed E-state index contributed by atoms with van der Waals surface area (Å²) >= 11 is 8.72. The smallest absolute Gasteiger partial charge is 0.320 e. The van der Waals surface area contributed by atoms with Crippen LogP contribution in [0.15, 0.2) is 37.3 Å². The first kappa shape index (κ1) is 15.0. The summed E-state index contributed by atoms with van der Waals surface area (Å²) in [6, 6.07) is 5.68. The number of fused-ring (bicyclic) bond motifs is 1. The van der Waals surface area contributed by atoms with Crippen molar-refractivity contribution in [2.75, 3.05) is 0 Å². The fourth-order valence-corrected chi connectivity index (χ4v) is 4.66. The second kappa shape index (κ2) is 5.39. The lowest BCUT2D eigenvalue weighted by Gasteiger charge is -2.14. The van der Waals surface area contributed by atoms with Crippen molar-refractivity contribution < 1.29 is 0 Å². The molecule has 0 saturated heterocycles. The van der Waals surface area contributed by atoms with Crippen molar-refractivity contribution in [3.05, 3.63) is 53.4 Å². The fourth-order valence-electron chi connectivity index (χ4n) is 2.44. The second-order valence-electron chi connectivity index (χ2n) is 4.87. The molecule has 0 amide bonds. The van der Waals surface area contributed by atoms with E-state index in [1.54, 1.807) is 34.6 Å². The molecule has 2 aromatic heterocycles. The average Bonchev–Trinajstić information content (AvgIpc) is 2.97. The summed E-state index contributed by atoms with van der Waals surface area (Å²) in [5.74, 6) is 0. The predicted octanol–water partition coefficient (Wildman–Crippen LogP) is 3.51. The minimum Gasteiger partial charge on any atom is -0.320 e. The number of imidazole rings is 1. The van der Waals surface area contributed by atoms with Gasteiger partial charge >= 0.3 is 5.69 Å². The molecule has 0 bridgehead atoms. The average molecular weight is 431 g/mol. The maximum absolute atomic E-state index is 12.0. The molecule has 1 atom stereocenters. The molecular formula is C14H13Br2N3OS. The Hall–Kier alpha value is -0.890. The van der Waals surface area contributed by atoms with Crippen molar-refractivity contribution >= 4 is 54.2 Å². The Morgan fingerprint density at radius 2 is 1.76 bits per heavy atom. The lowest BCUT2D eigenvalue weighted by atomic mass is 10.1. The second-order valence-corrected chi connectivity index (χ2v) is 7.53. The standard InChI is InChI=1S/C14H13Br2N3OS/c1-18-10-5-7(12(17)13-8(15)3-4-21-13)9(16)6-11(10)19(2)14(18)20/h3-6,12H,17H2,1-2H3. The number of thiophene rings is 1. The van der Waals surface area contributed by atoms with E-state index in [1.165, 1.54) is 0 Å². The summed E-state index contributed by atoms with van der Waals surface area (Å²) in [6.45, 7) is 0. The van der Waals surface area contributed by atoms with Crippen molar-refractivity contribution in [2.24, 2.45) is 19.8 Å². The number of rotatable bonds is 2. The van der Waals surface area contributed by atoms with Gasteiger partial charge in [-0.25, -0.2) is 4.79 Å². The van der Waals surface area contributed by atoms with Crippen LogP contribution in [0, 0.1) is 0 Å². The molecule has 21 heavy (non-hydrogen) atoms. The number of aryl methyl sites for hydroxylation is 2. The molecule has 3 rings (SSSR count). The van der Waals surface area contributed by atoms with Crippen LogP contribution in [0.2, 0.25) is 0 Å². The first-order valence-corrected chi connectivity index (χ1v) is 8.71. The van der Waals surface area contributed by atoms with Crippen molar-refractivity contribution in [3.63, 3.8) is 0 Å². The Morgan fingerprint density at radius 3 is 2.33 bits per heavy atom. The van der Waals surface area contributed by atoms with Crippen LogP contribution >= 0.6 is 43.2 Å². The Balaban J connectivity index is 2.24. The van der Waals surface area contributed by atoms with Gasteiger partial charge < -0.3 is 5.73 Å². The zero-order valence-electron chi connectivity index (χ0n) is 11.4. The summed E-state index contributed by atoms with van der Waals surface area (Å²) in [5, 5.41) is 2.00. The molecule has 0 aliphatic carbocycles. The maximum atomic E-state index is 12.0. The van der Waals surface area contributed by atoms with Gasteiger partial charge in [-0.05, 0) is 45.1 Å². The monoisotopic (exact) mass is 429 g/mol. The van der Waals surface area contributed by atoms with E-state index in [-0.39, 0.29) is 11.7 Å². The van der Waals surface area contributed by atoms with Gasteiger partial charge in [-0.2, -0.15) is 0 Å². The van der Waals surface area contributed by atoms with E-state index in [9.17, 15) is 4.79 Å². The van der Waals surface area contributed by atoms with E-state index in [0.29, 0.717) is 0 Å². The topological polar surface area (TPSA) is 53.0 Å². The summed E-state index contributed by atoms with van der Waals surface area (Å²) in [5.41, 5.74) is 9.09. The lowest BCUT2D eigenvalue weighted by Crippen LogP contribution is -2.19. The molecule has 0 aliphatic rings. The summed E-state index contributed by atoms with van der Waals surface area (Å²) in [4.78, 5) is 13.1. The van der Waals surface area contributed by atoms with Crippen LogP contribution in [0.25, 0.3) is 11.0 Å². The van der Waals surface area contributed by atoms with Gasteiger partial charge in [0.15, 0.2) is 0 Å². The van der Waals surface area contributed by atoms with Crippen LogP contribution in [-0.2, 0) is 14.1 Å². The number of aromatic nitrogens is 2. The van der Waals surface area contributed by atoms with Gasteiger partial charge in [-0.1, -0.05) is 15.9 Å². The molecule has 0 radical (unpaired) electrons. The maximum Gasteiger partial charge on any atom is 0.328 e. The number of halogens is 2. The summed E-state index contributed by atoms with van der Waals surface area (Å²) < 4.78 is 5.19. The Morgan fingerprint density at radius 1 is 1.14 bits per heavy atom.